The van der Waals surface area contributed by atoms with E-state index >= 15 is 0 Å². The Morgan fingerprint density at radius 1 is 1.64 bits per heavy atom. The van der Waals surface area contributed by atoms with Crippen molar-refractivity contribution < 1.29 is 4.79 Å². The lowest BCUT2D eigenvalue weighted by Crippen LogP contribution is -2.32. The van der Waals surface area contributed by atoms with E-state index in [1.807, 2.05) is 0 Å². The second kappa shape index (κ2) is 6.30. The molecule has 0 aliphatic carbocycles. The van der Waals surface area contributed by atoms with Crippen LogP contribution in [0.25, 0.3) is 0 Å². The summed E-state index contributed by atoms with van der Waals surface area (Å²) in [4.78, 5) is 11.5. The average molecular weight is 216 g/mol. The second-order valence-corrected chi connectivity index (χ2v) is 5.01. The third kappa shape index (κ3) is 3.88. The van der Waals surface area contributed by atoms with Gasteiger partial charge in [0.1, 0.15) is 0 Å². The Labute approximate surface area is 90.2 Å². The van der Waals surface area contributed by atoms with Crippen LogP contribution in [-0.4, -0.2) is 29.5 Å². The van der Waals surface area contributed by atoms with Crippen molar-refractivity contribution in [2.45, 2.75) is 43.9 Å². The van der Waals surface area contributed by atoms with Crippen LogP contribution in [0.3, 0.4) is 0 Å². The largest absolute Gasteiger partial charge is 0.355 e. The number of hydrogen-bond donors (Lipinski definition) is 2. The van der Waals surface area contributed by atoms with Crippen molar-refractivity contribution in [3.05, 3.63) is 0 Å². The van der Waals surface area contributed by atoms with E-state index in [4.69, 9.17) is 5.73 Å². The molecule has 0 aromatic carbocycles. The van der Waals surface area contributed by atoms with Crippen molar-refractivity contribution in [2.75, 3.05) is 12.3 Å². The molecule has 0 saturated carbocycles. The smallest absolute Gasteiger partial charge is 0.233 e. The monoisotopic (exact) mass is 216 g/mol. The summed E-state index contributed by atoms with van der Waals surface area (Å²) >= 11 is 1.71. The van der Waals surface area contributed by atoms with Gasteiger partial charge in [-0.2, -0.15) is 0 Å². The normalized spacial score (nSPS) is 25.3. The highest BCUT2D eigenvalue weighted by Gasteiger charge is 2.21. The predicted octanol–water partition coefficient (Wildman–Crippen LogP) is 1.13. The van der Waals surface area contributed by atoms with E-state index in [2.05, 4.69) is 12.2 Å². The van der Waals surface area contributed by atoms with E-state index in [0.29, 0.717) is 0 Å². The van der Waals surface area contributed by atoms with Gasteiger partial charge in [-0.15, -0.1) is 11.8 Å². The molecule has 3 nitrogen and oxygen atoms in total. The van der Waals surface area contributed by atoms with Gasteiger partial charge in [0, 0.05) is 18.3 Å². The van der Waals surface area contributed by atoms with Gasteiger partial charge in [0.2, 0.25) is 5.91 Å². The van der Waals surface area contributed by atoms with Crippen LogP contribution < -0.4 is 11.1 Å². The summed E-state index contributed by atoms with van der Waals surface area (Å²) in [6, 6.07) is 0.232. The maximum atomic E-state index is 11.5. The molecule has 2 unspecified atom stereocenters. The van der Waals surface area contributed by atoms with Crippen LogP contribution in [0.4, 0.5) is 0 Å². The fourth-order valence-electron chi connectivity index (χ4n) is 1.43. The summed E-state index contributed by atoms with van der Waals surface area (Å²) in [6.45, 7) is 2.92. The molecule has 1 fully saturated rings. The first-order valence-electron chi connectivity index (χ1n) is 5.39. The summed E-state index contributed by atoms with van der Waals surface area (Å²) in [5.74, 6) is 1.10. The maximum absolute atomic E-state index is 11.5. The first kappa shape index (κ1) is 11.9. The molecule has 1 aliphatic heterocycles. The van der Waals surface area contributed by atoms with E-state index < -0.39 is 0 Å². The SMILES string of the molecule is CCC(N)CSC1CCCCNC1=O. The van der Waals surface area contributed by atoms with Crippen LogP contribution in [0.15, 0.2) is 0 Å². The molecule has 1 heterocycles. The molecule has 1 rings (SSSR count). The zero-order valence-electron chi connectivity index (χ0n) is 8.79. The third-order valence-electron chi connectivity index (χ3n) is 2.52. The Morgan fingerprint density at radius 2 is 2.43 bits per heavy atom. The van der Waals surface area contributed by atoms with Gasteiger partial charge in [-0.3, -0.25) is 4.79 Å². The lowest BCUT2D eigenvalue weighted by Gasteiger charge is -2.15. The molecule has 0 aromatic rings. The van der Waals surface area contributed by atoms with Crippen molar-refractivity contribution in [1.82, 2.24) is 5.32 Å². The quantitative estimate of drug-likeness (QED) is 0.740. The van der Waals surface area contributed by atoms with E-state index in [-0.39, 0.29) is 17.2 Å². The van der Waals surface area contributed by atoms with Gasteiger partial charge < -0.3 is 11.1 Å². The molecule has 1 amide bonds. The van der Waals surface area contributed by atoms with Crippen molar-refractivity contribution >= 4 is 17.7 Å². The highest BCUT2D eigenvalue weighted by atomic mass is 32.2. The molecule has 4 heteroatoms. The van der Waals surface area contributed by atoms with Crippen LogP contribution in [-0.2, 0) is 4.79 Å². The number of rotatable bonds is 4. The van der Waals surface area contributed by atoms with E-state index in [1.54, 1.807) is 11.8 Å². The highest BCUT2D eigenvalue weighted by molar-refractivity contribution is 8.00. The number of thioether (sulfide) groups is 1. The van der Waals surface area contributed by atoms with Crippen molar-refractivity contribution in [2.24, 2.45) is 5.73 Å². The summed E-state index contributed by atoms with van der Waals surface area (Å²) in [6.07, 6.45) is 4.26. The van der Waals surface area contributed by atoms with Crippen molar-refractivity contribution in [3.63, 3.8) is 0 Å². The molecule has 2 atom stereocenters. The van der Waals surface area contributed by atoms with Crippen LogP contribution >= 0.6 is 11.8 Å². The molecule has 82 valence electrons. The Bertz CT molecular complexity index is 187. The summed E-state index contributed by atoms with van der Waals surface area (Å²) in [5.41, 5.74) is 5.82. The fourth-order valence-corrected chi connectivity index (χ4v) is 2.71. The Hall–Kier alpha value is -0.220. The molecular formula is C10H20N2OS. The van der Waals surface area contributed by atoms with Crippen LogP contribution in [0.5, 0.6) is 0 Å². The number of carbonyl (C=O) groups excluding carboxylic acids is 1. The summed E-state index contributed by atoms with van der Waals surface area (Å²) in [5, 5.41) is 3.07. The fraction of sp³-hybridized carbons (Fsp3) is 0.900. The van der Waals surface area contributed by atoms with Gasteiger partial charge in [-0.05, 0) is 19.3 Å². The summed E-state index contributed by atoms with van der Waals surface area (Å²) < 4.78 is 0. The molecule has 0 spiro atoms. The lowest BCUT2D eigenvalue weighted by atomic mass is 10.2. The van der Waals surface area contributed by atoms with Gasteiger partial charge in [-0.1, -0.05) is 13.3 Å². The van der Waals surface area contributed by atoms with Crippen LogP contribution in [0.2, 0.25) is 0 Å². The zero-order valence-corrected chi connectivity index (χ0v) is 9.61. The van der Waals surface area contributed by atoms with Crippen molar-refractivity contribution in [3.8, 4) is 0 Å². The van der Waals surface area contributed by atoms with E-state index in [9.17, 15) is 4.79 Å². The van der Waals surface area contributed by atoms with Gasteiger partial charge in [0.15, 0.2) is 0 Å². The van der Waals surface area contributed by atoms with E-state index in [1.165, 1.54) is 0 Å². The number of hydrogen-bond acceptors (Lipinski definition) is 3. The van der Waals surface area contributed by atoms with Gasteiger partial charge >= 0.3 is 0 Å². The highest BCUT2D eigenvalue weighted by Crippen LogP contribution is 2.20. The number of nitrogens with one attached hydrogen (secondary N) is 1. The summed E-state index contributed by atoms with van der Waals surface area (Å²) in [7, 11) is 0. The molecule has 1 saturated heterocycles. The number of carbonyl (C=O) groups is 1. The van der Waals surface area contributed by atoms with Crippen molar-refractivity contribution in [1.29, 1.82) is 0 Å². The number of amides is 1. The minimum Gasteiger partial charge on any atom is -0.355 e. The molecular weight excluding hydrogens is 196 g/mol. The third-order valence-corrected chi connectivity index (χ3v) is 3.99. The Morgan fingerprint density at radius 3 is 3.14 bits per heavy atom. The topological polar surface area (TPSA) is 55.1 Å². The standard InChI is InChI=1S/C10H20N2OS/c1-2-8(11)7-14-9-5-3-4-6-12-10(9)13/h8-9H,2-7,11H2,1H3,(H,12,13). The van der Waals surface area contributed by atoms with Crippen LogP contribution in [0.1, 0.15) is 32.6 Å². The molecule has 0 radical (unpaired) electrons. The molecule has 1 aliphatic rings. The van der Waals surface area contributed by atoms with Gasteiger partial charge in [-0.25, -0.2) is 0 Å². The minimum absolute atomic E-state index is 0.134. The number of nitrogens with two attached hydrogens (primary N) is 1. The molecule has 3 N–H and O–H groups in total. The lowest BCUT2D eigenvalue weighted by molar-refractivity contribution is -0.120. The van der Waals surface area contributed by atoms with Gasteiger partial charge in [0.25, 0.3) is 0 Å². The molecule has 0 aromatic heterocycles. The van der Waals surface area contributed by atoms with Gasteiger partial charge in [0.05, 0.1) is 5.25 Å². The Kier molecular flexibility index (Phi) is 5.33. The first-order valence-corrected chi connectivity index (χ1v) is 6.43. The maximum Gasteiger partial charge on any atom is 0.233 e. The first-order chi connectivity index (χ1) is 6.74. The zero-order chi connectivity index (χ0) is 10.4. The molecule has 14 heavy (non-hydrogen) atoms. The second-order valence-electron chi connectivity index (χ2n) is 3.78. The predicted molar refractivity (Wildman–Crippen MR) is 61.4 cm³/mol. The molecule has 0 bridgehead atoms. The van der Waals surface area contributed by atoms with E-state index in [0.717, 1.165) is 38.0 Å². The van der Waals surface area contributed by atoms with Crippen LogP contribution in [0, 0.1) is 0 Å². The minimum atomic E-state index is 0.134. The average Bonchev–Trinajstić information content (AvgIpc) is 2.39. The Balaban J connectivity index is 2.29.